The summed E-state index contributed by atoms with van der Waals surface area (Å²) in [6.45, 7) is 1.81. The van der Waals surface area contributed by atoms with Crippen molar-refractivity contribution in [3.63, 3.8) is 0 Å². The van der Waals surface area contributed by atoms with Crippen molar-refractivity contribution in [3.8, 4) is 5.69 Å². The van der Waals surface area contributed by atoms with Gasteiger partial charge in [0, 0.05) is 17.6 Å². The van der Waals surface area contributed by atoms with E-state index >= 15 is 0 Å². The van der Waals surface area contributed by atoms with Gasteiger partial charge in [-0.05, 0) is 37.3 Å². The van der Waals surface area contributed by atoms with Crippen molar-refractivity contribution in [1.82, 2.24) is 9.55 Å². The molecule has 26 heavy (non-hydrogen) atoms. The second kappa shape index (κ2) is 5.72. The molecule has 2 heterocycles. The van der Waals surface area contributed by atoms with Gasteiger partial charge in [-0.15, -0.1) is 0 Å². The van der Waals surface area contributed by atoms with Crippen molar-refractivity contribution in [3.05, 3.63) is 71.8 Å². The number of nitrogens with zero attached hydrogens (tertiary/aromatic N) is 3. The molecule has 2 aromatic carbocycles. The highest BCUT2D eigenvalue weighted by Crippen LogP contribution is 2.40. The van der Waals surface area contributed by atoms with Gasteiger partial charge in [-0.25, -0.2) is 4.98 Å². The quantitative estimate of drug-likeness (QED) is 0.647. The minimum atomic E-state index is -4.50. The standard InChI is InChI=1S/C19H14F3N3O/c1-12-11-23-17-10-18(26)25(14-5-3-2-4-6-14)16-9-13(19(20,21)22)7-8-15(16)24(12)17/h2-9,11H,10H2,1H3. The maximum atomic E-state index is 13.3. The van der Waals surface area contributed by atoms with E-state index in [9.17, 15) is 18.0 Å². The summed E-state index contributed by atoms with van der Waals surface area (Å²) in [7, 11) is 0. The molecule has 1 aliphatic heterocycles. The van der Waals surface area contributed by atoms with Crippen LogP contribution in [0.25, 0.3) is 5.69 Å². The van der Waals surface area contributed by atoms with E-state index in [1.54, 1.807) is 48.0 Å². The Morgan fingerprint density at radius 2 is 1.77 bits per heavy atom. The zero-order chi connectivity index (χ0) is 18.5. The Hall–Kier alpha value is -3.09. The molecule has 132 valence electrons. The maximum Gasteiger partial charge on any atom is 0.416 e. The molecule has 1 aliphatic rings. The summed E-state index contributed by atoms with van der Waals surface area (Å²) >= 11 is 0. The third-order valence-corrected chi connectivity index (χ3v) is 4.37. The highest BCUT2D eigenvalue weighted by Gasteiger charge is 2.34. The maximum absolute atomic E-state index is 13.3. The number of aryl methyl sites for hydroxylation is 1. The molecule has 4 nitrogen and oxygen atoms in total. The van der Waals surface area contributed by atoms with E-state index < -0.39 is 11.7 Å². The zero-order valence-corrected chi connectivity index (χ0v) is 13.8. The summed E-state index contributed by atoms with van der Waals surface area (Å²) in [5, 5.41) is 0. The predicted molar refractivity (Wildman–Crippen MR) is 90.6 cm³/mol. The summed E-state index contributed by atoms with van der Waals surface area (Å²) in [5.41, 5.74) is 1.16. The van der Waals surface area contributed by atoms with Crippen LogP contribution in [0.15, 0.2) is 54.7 Å². The Morgan fingerprint density at radius 3 is 2.46 bits per heavy atom. The fourth-order valence-corrected chi connectivity index (χ4v) is 3.22. The first-order valence-corrected chi connectivity index (χ1v) is 7.99. The summed E-state index contributed by atoms with van der Waals surface area (Å²) in [6, 6.07) is 12.1. The number of fused-ring (bicyclic) bond motifs is 3. The monoisotopic (exact) mass is 357 g/mol. The van der Waals surface area contributed by atoms with E-state index in [4.69, 9.17) is 0 Å². The van der Waals surface area contributed by atoms with Crippen molar-refractivity contribution in [2.24, 2.45) is 0 Å². The van der Waals surface area contributed by atoms with Crippen LogP contribution in [0, 0.1) is 6.92 Å². The Kier molecular flexibility index (Phi) is 3.61. The van der Waals surface area contributed by atoms with Gasteiger partial charge in [-0.1, -0.05) is 18.2 Å². The van der Waals surface area contributed by atoms with Crippen LogP contribution >= 0.6 is 0 Å². The first-order chi connectivity index (χ1) is 12.4. The first kappa shape index (κ1) is 16.4. The smallest absolute Gasteiger partial charge is 0.298 e. The number of imidazole rings is 1. The summed E-state index contributed by atoms with van der Waals surface area (Å²) in [4.78, 5) is 18.5. The Bertz CT molecular complexity index is 993. The topological polar surface area (TPSA) is 38.1 Å². The normalized spacial score (nSPS) is 14.0. The van der Waals surface area contributed by atoms with E-state index in [-0.39, 0.29) is 18.0 Å². The predicted octanol–water partition coefficient (Wildman–Crippen LogP) is 4.42. The lowest BCUT2D eigenvalue weighted by Gasteiger charge is -2.24. The average molecular weight is 357 g/mol. The van der Waals surface area contributed by atoms with Gasteiger partial charge in [0.15, 0.2) is 0 Å². The Labute approximate surface area is 147 Å². The van der Waals surface area contributed by atoms with Gasteiger partial charge in [0.2, 0.25) is 5.91 Å². The zero-order valence-electron chi connectivity index (χ0n) is 13.8. The lowest BCUT2D eigenvalue weighted by atomic mass is 10.1. The SMILES string of the molecule is Cc1cnc2n1-c1ccc(C(F)(F)F)cc1N(c1ccccc1)C(=O)C2. The highest BCUT2D eigenvalue weighted by molar-refractivity contribution is 6.04. The van der Waals surface area contributed by atoms with Gasteiger partial charge >= 0.3 is 6.18 Å². The van der Waals surface area contributed by atoms with Crippen LogP contribution in [0.1, 0.15) is 17.1 Å². The number of rotatable bonds is 1. The van der Waals surface area contributed by atoms with Crippen LogP contribution in [0.5, 0.6) is 0 Å². The third-order valence-electron chi connectivity index (χ3n) is 4.37. The molecule has 0 saturated heterocycles. The number of benzene rings is 2. The van der Waals surface area contributed by atoms with Crippen LogP contribution < -0.4 is 4.90 Å². The molecule has 0 bridgehead atoms. The molecule has 0 saturated carbocycles. The second-order valence-corrected chi connectivity index (χ2v) is 6.09. The molecule has 0 radical (unpaired) electrons. The molecular formula is C19H14F3N3O. The molecule has 0 spiro atoms. The Balaban J connectivity index is 2.02. The molecule has 1 aromatic heterocycles. The van der Waals surface area contributed by atoms with E-state index in [1.807, 2.05) is 0 Å². The highest BCUT2D eigenvalue weighted by atomic mass is 19.4. The van der Waals surface area contributed by atoms with Crippen molar-refractivity contribution >= 4 is 17.3 Å². The number of hydrogen-bond acceptors (Lipinski definition) is 2. The lowest BCUT2D eigenvalue weighted by molar-refractivity contribution is -0.137. The minimum Gasteiger partial charge on any atom is -0.298 e. The summed E-state index contributed by atoms with van der Waals surface area (Å²) in [5.74, 6) is 0.174. The number of anilines is 2. The minimum absolute atomic E-state index is 0.00122. The van der Waals surface area contributed by atoms with Crippen LogP contribution in [0.3, 0.4) is 0 Å². The van der Waals surface area contributed by atoms with Crippen LogP contribution in [-0.2, 0) is 17.4 Å². The van der Waals surface area contributed by atoms with Crippen molar-refractivity contribution < 1.29 is 18.0 Å². The van der Waals surface area contributed by atoms with Crippen molar-refractivity contribution in [2.45, 2.75) is 19.5 Å². The van der Waals surface area contributed by atoms with Gasteiger partial charge in [-0.2, -0.15) is 13.2 Å². The third kappa shape index (κ3) is 2.56. The lowest BCUT2D eigenvalue weighted by Crippen LogP contribution is -2.27. The number of alkyl halides is 3. The fraction of sp³-hybridized carbons (Fsp3) is 0.158. The number of para-hydroxylation sites is 1. The molecule has 0 N–H and O–H groups in total. The summed E-state index contributed by atoms with van der Waals surface area (Å²) in [6.07, 6.45) is -2.89. The molecule has 7 heteroatoms. The van der Waals surface area contributed by atoms with Gasteiger partial charge in [0.05, 0.1) is 23.4 Å². The molecule has 4 rings (SSSR count). The largest absolute Gasteiger partial charge is 0.416 e. The second-order valence-electron chi connectivity index (χ2n) is 6.09. The molecule has 0 atom stereocenters. The number of amides is 1. The van der Waals surface area contributed by atoms with Gasteiger partial charge in [0.25, 0.3) is 0 Å². The van der Waals surface area contributed by atoms with Gasteiger partial charge in [-0.3, -0.25) is 14.3 Å². The fourth-order valence-electron chi connectivity index (χ4n) is 3.22. The number of halogens is 3. The van der Waals surface area contributed by atoms with E-state index in [2.05, 4.69) is 4.98 Å². The van der Waals surface area contributed by atoms with Crippen molar-refractivity contribution in [2.75, 3.05) is 4.90 Å². The first-order valence-electron chi connectivity index (χ1n) is 7.99. The number of carbonyl (C=O) groups is 1. The molecule has 0 aliphatic carbocycles. The van der Waals surface area contributed by atoms with E-state index in [1.165, 1.54) is 11.0 Å². The molecule has 3 aromatic rings. The number of aromatic nitrogens is 2. The Morgan fingerprint density at radius 1 is 1.04 bits per heavy atom. The number of hydrogen-bond donors (Lipinski definition) is 0. The number of carbonyl (C=O) groups excluding carboxylic acids is 1. The van der Waals surface area contributed by atoms with Crippen LogP contribution in [-0.4, -0.2) is 15.5 Å². The van der Waals surface area contributed by atoms with E-state index in [0.29, 0.717) is 17.2 Å². The molecule has 1 amide bonds. The van der Waals surface area contributed by atoms with Crippen LogP contribution in [0.4, 0.5) is 24.5 Å². The summed E-state index contributed by atoms with van der Waals surface area (Å²) < 4.78 is 41.6. The average Bonchev–Trinajstić information content (AvgIpc) is 2.89. The van der Waals surface area contributed by atoms with Crippen LogP contribution in [0.2, 0.25) is 0 Å². The van der Waals surface area contributed by atoms with Gasteiger partial charge in [0.1, 0.15) is 5.82 Å². The van der Waals surface area contributed by atoms with E-state index in [0.717, 1.165) is 17.8 Å². The van der Waals surface area contributed by atoms with Gasteiger partial charge < -0.3 is 0 Å². The molecular weight excluding hydrogens is 343 g/mol. The molecule has 0 fully saturated rings. The van der Waals surface area contributed by atoms with Crippen molar-refractivity contribution in [1.29, 1.82) is 0 Å². The molecule has 0 unspecified atom stereocenters.